The van der Waals surface area contributed by atoms with Gasteiger partial charge in [0.2, 0.25) is 0 Å². The van der Waals surface area contributed by atoms with Crippen molar-refractivity contribution in [3.05, 3.63) is 0 Å². The fourth-order valence-corrected chi connectivity index (χ4v) is 2.12. The molecular weight excluding hydrogens is 164 g/mol. The van der Waals surface area contributed by atoms with Crippen molar-refractivity contribution in [1.29, 1.82) is 0 Å². The largest absolute Gasteiger partial charge is 0.390 e. The molecule has 2 fully saturated rings. The van der Waals surface area contributed by atoms with Crippen LogP contribution >= 0.6 is 0 Å². The first-order valence-corrected chi connectivity index (χ1v) is 5.45. The molecule has 1 saturated heterocycles. The second-order valence-electron chi connectivity index (χ2n) is 5.07. The van der Waals surface area contributed by atoms with E-state index in [1.54, 1.807) is 0 Å². The van der Waals surface area contributed by atoms with Gasteiger partial charge in [-0.05, 0) is 31.1 Å². The van der Waals surface area contributed by atoms with Gasteiger partial charge in [-0.2, -0.15) is 0 Å². The van der Waals surface area contributed by atoms with Gasteiger partial charge in [0.1, 0.15) is 0 Å². The Hall–Kier alpha value is -0.0800. The maximum atomic E-state index is 9.51. The first kappa shape index (κ1) is 9.47. The van der Waals surface area contributed by atoms with E-state index >= 15 is 0 Å². The Morgan fingerprint density at radius 2 is 2.15 bits per heavy atom. The van der Waals surface area contributed by atoms with Gasteiger partial charge in [-0.25, -0.2) is 0 Å². The number of hydrogen-bond donors (Lipinski definition) is 1. The second kappa shape index (κ2) is 3.58. The fourth-order valence-electron chi connectivity index (χ4n) is 2.12. The maximum Gasteiger partial charge on any atom is 0.0823 e. The molecule has 2 nitrogen and oxygen atoms in total. The van der Waals surface area contributed by atoms with Crippen LogP contribution in [-0.2, 0) is 4.74 Å². The number of aliphatic hydroxyl groups is 1. The Kier molecular flexibility index (Phi) is 2.61. The molecule has 0 aromatic heterocycles. The average molecular weight is 184 g/mol. The molecule has 0 spiro atoms. The van der Waals surface area contributed by atoms with Crippen molar-refractivity contribution in [3.8, 4) is 0 Å². The molecule has 2 heteroatoms. The van der Waals surface area contributed by atoms with Gasteiger partial charge in [-0.15, -0.1) is 0 Å². The van der Waals surface area contributed by atoms with Crippen molar-refractivity contribution >= 4 is 0 Å². The fraction of sp³-hybridized carbons (Fsp3) is 1.00. The standard InChI is InChI=1S/C11H20O2/c1-11(5-6-11)4-2-3-9-7-13-8-10(9)12/h9-10,12H,2-8H2,1H3/t9-,10-/m1/s1. The lowest BCUT2D eigenvalue weighted by Gasteiger charge is -2.13. The van der Waals surface area contributed by atoms with Crippen molar-refractivity contribution < 1.29 is 9.84 Å². The molecule has 1 heterocycles. The van der Waals surface area contributed by atoms with E-state index in [1.807, 2.05) is 0 Å². The normalized spacial score (nSPS) is 36.5. The lowest BCUT2D eigenvalue weighted by atomic mass is 9.94. The van der Waals surface area contributed by atoms with Crippen molar-refractivity contribution in [1.82, 2.24) is 0 Å². The van der Waals surface area contributed by atoms with Gasteiger partial charge in [-0.1, -0.05) is 13.3 Å². The van der Waals surface area contributed by atoms with E-state index in [0.717, 1.165) is 13.0 Å². The zero-order valence-electron chi connectivity index (χ0n) is 8.46. The smallest absolute Gasteiger partial charge is 0.0823 e. The van der Waals surface area contributed by atoms with Crippen LogP contribution in [0.15, 0.2) is 0 Å². The minimum absolute atomic E-state index is 0.188. The van der Waals surface area contributed by atoms with Crippen LogP contribution in [0.4, 0.5) is 0 Å². The zero-order chi connectivity index (χ0) is 9.31. The van der Waals surface area contributed by atoms with Gasteiger partial charge in [0.05, 0.1) is 19.3 Å². The summed E-state index contributed by atoms with van der Waals surface area (Å²) in [7, 11) is 0. The third-order valence-electron chi connectivity index (χ3n) is 3.62. The van der Waals surface area contributed by atoms with Gasteiger partial charge in [0.15, 0.2) is 0 Å². The van der Waals surface area contributed by atoms with Crippen LogP contribution in [0.2, 0.25) is 0 Å². The molecule has 0 radical (unpaired) electrons. The molecule has 76 valence electrons. The quantitative estimate of drug-likeness (QED) is 0.723. The lowest BCUT2D eigenvalue weighted by Crippen LogP contribution is -2.17. The van der Waals surface area contributed by atoms with E-state index < -0.39 is 0 Å². The van der Waals surface area contributed by atoms with Crippen molar-refractivity contribution in [3.63, 3.8) is 0 Å². The number of ether oxygens (including phenoxy) is 1. The summed E-state index contributed by atoms with van der Waals surface area (Å²) in [6, 6.07) is 0. The molecule has 1 N–H and O–H groups in total. The zero-order valence-corrected chi connectivity index (χ0v) is 8.46. The third-order valence-corrected chi connectivity index (χ3v) is 3.62. The summed E-state index contributed by atoms with van der Waals surface area (Å²) in [4.78, 5) is 0. The average Bonchev–Trinajstić information content (AvgIpc) is 2.68. The topological polar surface area (TPSA) is 29.5 Å². The number of aliphatic hydroxyl groups excluding tert-OH is 1. The molecule has 2 aliphatic rings. The Morgan fingerprint density at radius 1 is 1.38 bits per heavy atom. The minimum atomic E-state index is -0.188. The van der Waals surface area contributed by atoms with Crippen molar-refractivity contribution in [2.75, 3.05) is 13.2 Å². The molecule has 2 atom stereocenters. The molecule has 2 rings (SSSR count). The van der Waals surface area contributed by atoms with Crippen LogP contribution in [0.3, 0.4) is 0 Å². The van der Waals surface area contributed by atoms with Crippen LogP contribution in [-0.4, -0.2) is 24.4 Å². The maximum absolute atomic E-state index is 9.51. The summed E-state index contributed by atoms with van der Waals surface area (Å²) in [6.45, 7) is 3.70. The van der Waals surface area contributed by atoms with Gasteiger partial charge >= 0.3 is 0 Å². The molecule has 0 unspecified atom stereocenters. The molecular formula is C11H20O2. The van der Waals surface area contributed by atoms with Gasteiger partial charge in [0.25, 0.3) is 0 Å². The predicted molar refractivity (Wildman–Crippen MR) is 51.5 cm³/mol. The molecule has 0 bridgehead atoms. The first-order chi connectivity index (χ1) is 6.20. The Bertz CT molecular complexity index is 175. The molecule has 1 aliphatic carbocycles. The van der Waals surface area contributed by atoms with Gasteiger partial charge < -0.3 is 9.84 Å². The Balaban J connectivity index is 1.62. The van der Waals surface area contributed by atoms with E-state index in [1.165, 1.54) is 25.7 Å². The van der Waals surface area contributed by atoms with E-state index in [9.17, 15) is 5.11 Å². The molecule has 13 heavy (non-hydrogen) atoms. The van der Waals surface area contributed by atoms with Gasteiger partial charge in [-0.3, -0.25) is 0 Å². The number of rotatable bonds is 4. The monoisotopic (exact) mass is 184 g/mol. The van der Waals surface area contributed by atoms with E-state index in [2.05, 4.69) is 6.92 Å². The highest BCUT2D eigenvalue weighted by Crippen LogP contribution is 2.49. The van der Waals surface area contributed by atoms with Crippen LogP contribution in [0.25, 0.3) is 0 Å². The van der Waals surface area contributed by atoms with Crippen LogP contribution in [0, 0.1) is 11.3 Å². The van der Waals surface area contributed by atoms with Crippen molar-refractivity contribution in [2.24, 2.45) is 11.3 Å². The molecule has 1 aliphatic heterocycles. The summed E-state index contributed by atoms with van der Waals surface area (Å²) < 4.78 is 5.22. The van der Waals surface area contributed by atoms with Crippen LogP contribution in [0.5, 0.6) is 0 Å². The molecule has 0 amide bonds. The number of hydrogen-bond acceptors (Lipinski definition) is 2. The van der Waals surface area contributed by atoms with Gasteiger partial charge in [0, 0.05) is 5.92 Å². The highest BCUT2D eigenvalue weighted by atomic mass is 16.5. The predicted octanol–water partition coefficient (Wildman–Crippen LogP) is 1.96. The Labute approximate surface area is 80.3 Å². The van der Waals surface area contributed by atoms with E-state index in [-0.39, 0.29) is 6.10 Å². The summed E-state index contributed by atoms with van der Waals surface area (Å²) in [5, 5.41) is 9.51. The molecule has 1 saturated carbocycles. The second-order valence-corrected chi connectivity index (χ2v) is 5.07. The summed E-state index contributed by atoms with van der Waals surface area (Å²) in [5.41, 5.74) is 0.671. The third kappa shape index (κ3) is 2.44. The summed E-state index contributed by atoms with van der Waals surface area (Å²) in [6.07, 6.45) is 6.40. The van der Waals surface area contributed by atoms with E-state index in [0.29, 0.717) is 17.9 Å². The van der Waals surface area contributed by atoms with Crippen LogP contribution < -0.4 is 0 Å². The minimum Gasteiger partial charge on any atom is -0.390 e. The summed E-state index contributed by atoms with van der Waals surface area (Å²) >= 11 is 0. The highest BCUT2D eigenvalue weighted by molar-refractivity contribution is 4.88. The molecule has 0 aromatic carbocycles. The highest BCUT2D eigenvalue weighted by Gasteiger charge is 2.36. The van der Waals surface area contributed by atoms with Crippen LogP contribution in [0.1, 0.15) is 39.0 Å². The molecule has 0 aromatic rings. The SMILES string of the molecule is CC1(CCC[C@@H]2COC[C@H]2O)CC1. The summed E-state index contributed by atoms with van der Waals surface area (Å²) in [5.74, 6) is 0.419. The van der Waals surface area contributed by atoms with Crippen molar-refractivity contribution in [2.45, 2.75) is 45.1 Å². The lowest BCUT2D eigenvalue weighted by molar-refractivity contribution is 0.116. The van der Waals surface area contributed by atoms with E-state index in [4.69, 9.17) is 4.74 Å². The first-order valence-electron chi connectivity index (χ1n) is 5.45. The Morgan fingerprint density at radius 3 is 2.69 bits per heavy atom.